The lowest BCUT2D eigenvalue weighted by Crippen LogP contribution is -2.29. The van der Waals surface area contributed by atoms with Gasteiger partial charge in [0.25, 0.3) is 0 Å². The summed E-state index contributed by atoms with van der Waals surface area (Å²) < 4.78 is 0. The van der Waals surface area contributed by atoms with Gasteiger partial charge in [-0.1, -0.05) is 77.3 Å². The number of fused-ring (bicyclic) bond motifs is 3. The zero-order chi connectivity index (χ0) is 15.3. The Morgan fingerprint density at radius 1 is 1.00 bits per heavy atom. The lowest BCUT2D eigenvalue weighted by atomic mass is 9.77. The van der Waals surface area contributed by atoms with Crippen molar-refractivity contribution in [2.75, 3.05) is 5.32 Å². The Morgan fingerprint density at radius 2 is 1.77 bits per heavy atom. The van der Waals surface area contributed by atoms with E-state index in [0.29, 0.717) is 21.0 Å². The SMILES string of the molecule is Clc1cc(Cl)c2c(c1Cl)[C@@H]1C=CC[C@@H]1[C@H](c1ccccc1)N2. The molecule has 0 saturated heterocycles. The van der Waals surface area contributed by atoms with E-state index in [-0.39, 0.29) is 12.0 Å². The topological polar surface area (TPSA) is 12.0 Å². The third kappa shape index (κ3) is 2.15. The van der Waals surface area contributed by atoms with Gasteiger partial charge in [-0.15, -0.1) is 0 Å². The van der Waals surface area contributed by atoms with E-state index in [0.717, 1.165) is 17.7 Å². The Hall–Kier alpha value is -1.15. The van der Waals surface area contributed by atoms with Crippen LogP contribution in [0.2, 0.25) is 15.1 Å². The Kier molecular flexibility index (Phi) is 3.60. The molecule has 4 rings (SSSR count). The second kappa shape index (κ2) is 5.49. The van der Waals surface area contributed by atoms with Gasteiger partial charge in [0.15, 0.2) is 0 Å². The maximum atomic E-state index is 6.48. The summed E-state index contributed by atoms with van der Waals surface area (Å²) in [6.07, 6.45) is 5.49. The predicted octanol–water partition coefficient (Wildman–Crippen LogP) is 6.47. The smallest absolute Gasteiger partial charge is 0.0656 e. The first-order chi connectivity index (χ1) is 10.7. The van der Waals surface area contributed by atoms with E-state index < -0.39 is 0 Å². The van der Waals surface area contributed by atoms with Gasteiger partial charge in [0.1, 0.15) is 0 Å². The number of rotatable bonds is 1. The summed E-state index contributed by atoms with van der Waals surface area (Å²) in [6, 6.07) is 12.4. The zero-order valence-electron chi connectivity index (χ0n) is 11.7. The van der Waals surface area contributed by atoms with E-state index in [4.69, 9.17) is 34.8 Å². The molecule has 1 aliphatic carbocycles. The highest BCUT2D eigenvalue weighted by Gasteiger charge is 2.40. The maximum Gasteiger partial charge on any atom is 0.0656 e. The third-order valence-electron chi connectivity index (χ3n) is 4.64. The average molecular weight is 351 g/mol. The number of allylic oxidation sites excluding steroid dienone is 2. The molecule has 0 saturated carbocycles. The fraction of sp³-hybridized carbons (Fsp3) is 0.222. The van der Waals surface area contributed by atoms with Crippen LogP contribution >= 0.6 is 34.8 Å². The minimum atomic E-state index is 0.225. The second-order valence-electron chi connectivity index (χ2n) is 5.83. The molecule has 4 heteroatoms. The molecule has 0 amide bonds. The van der Waals surface area contributed by atoms with Crippen LogP contribution in [-0.2, 0) is 0 Å². The number of hydrogen-bond acceptors (Lipinski definition) is 1. The highest BCUT2D eigenvalue weighted by molar-refractivity contribution is 6.44. The highest BCUT2D eigenvalue weighted by atomic mass is 35.5. The molecule has 2 aromatic rings. The summed E-state index contributed by atoms with van der Waals surface area (Å²) in [5.74, 6) is 0.687. The van der Waals surface area contributed by atoms with Crippen LogP contribution in [0.5, 0.6) is 0 Å². The van der Waals surface area contributed by atoms with Gasteiger partial charge in [-0.3, -0.25) is 0 Å². The van der Waals surface area contributed by atoms with Gasteiger partial charge < -0.3 is 5.32 Å². The van der Waals surface area contributed by atoms with Gasteiger partial charge >= 0.3 is 0 Å². The number of nitrogens with one attached hydrogen (secondary N) is 1. The number of anilines is 1. The minimum absolute atomic E-state index is 0.225. The van der Waals surface area contributed by atoms with Crippen molar-refractivity contribution in [1.29, 1.82) is 0 Å². The van der Waals surface area contributed by atoms with Gasteiger partial charge in [0, 0.05) is 11.5 Å². The third-order valence-corrected chi connectivity index (χ3v) is 5.74. The molecule has 1 aliphatic heterocycles. The van der Waals surface area contributed by atoms with Gasteiger partial charge in [-0.25, -0.2) is 0 Å². The molecule has 1 nitrogen and oxygen atoms in total. The van der Waals surface area contributed by atoms with Crippen molar-refractivity contribution in [3.8, 4) is 0 Å². The predicted molar refractivity (Wildman–Crippen MR) is 94.3 cm³/mol. The summed E-state index contributed by atoms with van der Waals surface area (Å²) in [5.41, 5.74) is 3.22. The van der Waals surface area contributed by atoms with Crippen LogP contribution in [-0.4, -0.2) is 0 Å². The van der Waals surface area contributed by atoms with E-state index in [9.17, 15) is 0 Å². The number of halogens is 3. The van der Waals surface area contributed by atoms with E-state index in [1.165, 1.54) is 5.56 Å². The Balaban J connectivity index is 1.88. The normalized spacial score (nSPS) is 25.5. The molecular weight excluding hydrogens is 337 g/mol. The van der Waals surface area contributed by atoms with Crippen molar-refractivity contribution in [3.63, 3.8) is 0 Å². The van der Waals surface area contributed by atoms with E-state index >= 15 is 0 Å². The monoisotopic (exact) mass is 349 g/mol. The molecule has 0 unspecified atom stereocenters. The van der Waals surface area contributed by atoms with Gasteiger partial charge in [-0.05, 0) is 24.0 Å². The van der Waals surface area contributed by atoms with Crippen molar-refractivity contribution in [1.82, 2.24) is 0 Å². The summed E-state index contributed by atoms with van der Waals surface area (Å²) in [6.45, 7) is 0. The van der Waals surface area contributed by atoms with Gasteiger partial charge in [-0.2, -0.15) is 0 Å². The standard InChI is InChI=1S/C18H14Cl3N/c19-13-9-14(20)18-15(16(13)21)11-7-4-8-12(11)17(22-18)10-5-2-1-3-6-10/h1-7,9,11-12,17,22H,8H2/t11-,12+,17+/m1/s1. The Labute approximate surface area is 144 Å². The molecule has 0 aromatic heterocycles. The Bertz CT molecular complexity index is 755. The molecule has 1 N–H and O–H groups in total. The molecule has 2 aromatic carbocycles. The molecule has 0 bridgehead atoms. The minimum Gasteiger partial charge on any atom is -0.376 e. The van der Waals surface area contributed by atoms with Crippen LogP contribution < -0.4 is 5.32 Å². The van der Waals surface area contributed by atoms with Gasteiger partial charge in [0.2, 0.25) is 0 Å². The first-order valence-corrected chi connectivity index (χ1v) is 8.45. The zero-order valence-corrected chi connectivity index (χ0v) is 14.0. The van der Waals surface area contributed by atoms with E-state index in [1.54, 1.807) is 6.07 Å². The van der Waals surface area contributed by atoms with Gasteiger partial charge in [0.05, 0.1) is 26.8 Å². The fourth-order valence-corrected chi connectivity index (χ4v) is 4.46. The maximum absolute atomic E-state index is 6.48. The number of hydrogen-bond donors (Lipinski definition) is 1. The second-order valence-corrected chi connectivity index (χ2v) is 7.02. The van der Waals surface area contributed by atoms with Crippen molar-refractivity contribution in [2.24, 2.45) is 5.92 Å². The molecule has 2 aliphatic rings. The molecule has 0 radical (unpaired) electrons. The van der Waals surface area contributed by atoms with Crippen molar-refractivity contribution in [2.45, 2.75) is 18.4 Å². The molecular formula is C18H14Cl3N. The van der Waals surface area contributed by atoms with E-state index in [1.807, 2.05) is 6.07 Å². The van der Waals surface area contributed by atoms with Crippen LogP contribution in [0, 0.1) is 5.92 Å². The Morgan fingerprint density at radius 3 is 2.55 bits per heavy atom. The summed E-state index contributed by atoms with van der Waals surface area (Å²) in [4.78, 5) is 0. The molecule has 0 fully saturated rings. The summed E-state index contributed by atoms with van der Waals surface area (Å²) in [5, 5.41) is 5.37. The largest absolute Gasteiger partial charge is 0.376 e. The summed E-state index contributed by atoms with van der Waals surface area (Å²) in [7, 11) is 0. The molecule has 1 heterocycles. The average Bonchev–Trinajstić information content (AvgIpc) is 3.01. The number of benzene rings is 2. The van der Waals surface area contributed by atoms with Crippen LogP contribution in [0.15, 0.2) is 48.6 Å². The van der Waals surface area contributed by atoms with Crippen LogP contribution in [0.1, 0.15) is 29.5 Å². The van der Waals surface area contributed by atoms with Crippen molar-refractivity contribution in [3.05, 3.63) is 74.7 Å². The first kappa shape index (κ1) is 14.4. The van der Waals surface area contributed by atoms with Crippen LogP contribution in [0.25, 0.3) is 0 Å². The van der Waals surface area contributed by atoms with Crippen LogP contribution in [0.3, 0.4) is 0 Å². The lowest BCUT2D eigenvalue weighted by Gasteiger charge is -2.38. The molecule has 3 atom stereocenters. The van der Waals surface area contributed by atoms with Crippen molar-refractivity contribution >= 4 is 40.5 Å². The van der Waals surface area contributed by atoms with E-state index in [2.05, 4.69) is 41.7 Å². The van der Waals surface area contributed by atoms with Crippen LogP contribution in [0.4, 0.5) is 5.69 Å². The molecule has 0 spiro atoms. The molecule has 22 heavy (non-hydrogen) atoms. The first-order valence-electron chi connectivity index (χ1n) is 7.32. The lowest BCUT2D eigenvalue weighted by molar-refractivity contribution is 0.426. The molecule has 112 valence electrons. The van der Waals surface area contributed by atoms with Crippen molar-refractivity contribution < 1.29 is 0 Å². The fourth-order valence-electron chi connectivity index (χ4n) is 3.65. The summed E-state index contributed by atoms with van der Waals surface area (Å²) >= 11 is 19.1. The highest BCUT2D eigenvalue weighted by Crippen LogP contribution is 2.54. The quantitative estimate of drug-likeness (QED) is 0.459.